The van der Waals surface area contributed by atoms with E-state index < -0.39 is 11.9 Å². The first-order chi connectivity index (χ1) is 12.0. The molecule has 0 unspecified atom stereocenters. The fourth-order valence-corrected chi connectivity index (χ4v) is 3.30. The van der Waals surface area contributed by atoms with Crippen molar-refractivity contribution in [2.24, 2.45) is 5.92 Å². The molecule has 7 heteroatoms. The zero-order valence-electron chi connectivity index (χ0n) is 14.3. The summed E-state index contributed by atoms with van der Waals surface area (Å²) in [6.07, 6.45) is 2.86. The van der Waals surface area contributed by atoms with E-state index in [1.54, 1.807) is 6.07 Å². The highest BCUT2D eigenvalue weighted by atomic mass is 19.1. The maximum atomic E-state index is 13.8. The van der Waals surface area contributed by atoms with Crippen molar-refractivity contribution in [1.29, 1.82) is 0 Å². The molecule has 0 radical (unpaired) electrons. The minimum Gasteiger partial charge on any atom is -0.496 e. The second kappa shape index (κ2) is 7.23. The van der Waals surface area contributed by atoms with Gasteiger partial charge in [0.25, 0.3) is 5.91 Å². The van der Waals surface area contributed by atoms with Crippen LogP contribution in [0.1, 0.15) is 47.4 Å². The van der Waals surface area contributed by atoms with Crippen LogP contribution < -0.4 is 10.1 Å². The largest absolute Gasteiger partial charge is 0.496 e. The monoisotopic (exact) mass is 347 g/mol. The number of rotatable bonds is 6. The van der Waals surface area contributed by atoms with Gasteiger partial charge in [0.2, 0.25) is 0 Å². The van der Waals surface area contributed by atoms with Crippen LogP contribution in [-0.4, -0.2) is 34.4 Å². The van der Waals surface area contributed by atoms with Crippen LogP contribution in [0.2, 0.25) is 0 Å². The molecule has 1 fully saturated rings. The molecule has 3 N–H and O–H groups in total. The molecule has 134 valence electrons. The van der Waals surface area contributed by atoms with Gasteiger partial charge >= 0.3 is 0 Å². The molecule has 6 nitrogen and oxygen atoms in total. The Morgan fingerprint density at radius 1 is 1.52 bits per heavy atom. The van der Waals surface area contributed by atoms with Gasteiger partial charge in [-0.3, -0.25) is 9.89 Å². The summed E-state index contributed by atoms with van der Waals surface area (Å²) in [6, 6.07) is 3.81. The number of nitrogens with zero attached hydrogens (tertiary/aromatic N) is 1. The minimum atomic E-state index is -0.443. The number of H-pyrrole nitrogens is 1. The molecule has 25 heavy (non-hydrogen) atoms. The first-order valence-corrected chi connectivity index (χ1v) is 8.38. The smallest absolute Gasteiger partial charge is 0.255 e. The molecule has 1 aliphatic rings. The molecule has 1 aromatic carbocycles. The van der Waals surface area contributed by atoms with Gasteiger partial charge in [0, 0.05) is 11.3 Å². The number of carbonyl (C=O) groups is 1. The number of aryl methyl sites for hydroxylation is 1. The lowest BCUT2D eigenvalue weighted by Crippen LogP contribution is -2.41. The summed E-state index contributed by atoms with van der Waals surface area (Å²) in [6.45, 7) is 1.93. The van der Waals surface area contributed by atoms with Crippen molar-refractivity contribution in [3.63, 3.8) is 0 Å². The SMILES string of the molecule is CCc1[nH]ncc1C(=O)N[C@@H](c1cc(F)ccc1OC)C1CC(O)C1. The lowest BCUT2D eigenvalue weighted by molar-refractivity contribution is 0.0231. The number of ether oxygens (including phenoxy) is 1. The predicted molar refractivity (Wildman–Crippen MR) is 89.9 cm³/mol. The molecule has 1 saturated carbocycles. The molecular weight excluding hydrogens is 325 g/mol. The van der Waals surface area contributed by atoms with Gasteiger partial charge in [-0.25, -0.2) is 4.39 Å². The van der Waals surface area contributed by atoms with E-state index >= 15 is 0 Å². The second-order valence-corrected chi connectivity index (χ2v) is 6.34. The standard InChI is InChI=1S/C18H22FN3O3/c1-3-15-14(9-20-22-15)18(24)21-17(10-6-12(23)7-10)13-8-11(19)4-5-16(13)25-2/h4-5,8-10,12,17,23H,3,6-7H2,1-2H3,(H,20,22)(H,21,24)/t10?,12?,17-/m1/s1. The van der Waals surface area contributed by atoms with Gasteiger partial charge in [-0.15, -0.1) is 0 Å². The predicted octanol–water partition coefficient (Wildman–Crippen LogP) is 2.36. The Bertz CT molecular complexity index is 756. The number of hydrogen-bond acceptors (Lipinski definition) is 4. The van der Waals surface area contributed by atoms with Gasteiger partial charge < -0.3 is 15.2 Å². The van der Waals surface area contributed by atoms with E-state index in [1.165, 1.54) is 25.4 Å². The molecule has 0 bridgehead atoms. The maximum Gasteiger partial charge on any atom is 0.255 e. The number of nitrogens with one attached hydrogen (secondary N) is 2. The van der Waals surface area contributed by atoms with Gasteiger partial charge in [-0.05, 0) is 43.4 Å². The first kappa shape index (κ1) is 17.4. The zero-order chi connectivity index (χ0) is 18.0. The number of benzene rings is 1. The van der Waals surface area contributed by atoms with E-state index in [0.29, 0.717) is 36.1 Å². The molecule has 1 heterocycles. The summed E-state index contributed by atoms with van der Waals surface area (Å²) >= 11 is 0. The van der Waals surface area contributed by atoms with E-state index in [-0.39, 0.29) is 17.9 Å². The van der Waals surface area contributed by atoms with Crippen LogP contribution in [0, 0.1) is 11.7 Å². The Morgan fingerprint density at radius 3 is 2.92 bits per heavy atom. The summed E-state index contributed by atoms with van der Waals surface area (Å²) in [5.74, 6) is -0.140. The molecular formula is C18H22FN3O3. The third-order valence-corrected chi connectivity index (χ3v) is 4.75. The van der Waals surface area contributed by atoms with Crippen molar-refractivity contribution in [3.05, 3.63) is 47.0 Å². The van der Waals surface area contributed by atoms with Crippen LogP contribution >= 0.6 is 0 Å². The second-order valence-electron chi connectivity index (χ2n) is 6.34. The summed E-state index contributed by atoms with van der Waals surface area (Å²) in [7, 11) is 1.51. The van der Waals surface area contributed by atoms with Crippen molar-refractivity contribution < 1.29 is 19.0 Å². The highest BCUT2D eigenvalue weighted by Gasteiger charge is 2.37. The highest BCUT2D eigenvalue weighted by molar-refractivity contribution is 5.95. The number of aliphatic hydroxyl groups excluding tert-OH is 1. The number of aromatic amines is 1. The lowest BCUT2D eigenvalue weighted by Gasteiger charge is -2.38. The number of aromatic nitrogens is 2. The van der Waals surface area contributed by atoms with Crippen LogP contribution in [0.3, 0.4) is 0 Å². The van der Waals surface area contributed by atoms with Crippen molar-refractivity contribution in [2.75, 3.05) is 7.11 Å². The Kier molecular flexibility index (Phi) is 5.03. The van der Waals surface area contributed by atoms with Crippen LogP contribution in [-0.2, 0) is 6.42 Å². The van der Waals surface area contributed by atoms with Crippen LogP contribution in [0.4, 0.5) is 4.39 Å². The fraction of sp³-hybridized carbons (Fsp3) is 0.444. The van der Waals surface area contributed by atoms with Gasteiger partial charge in [-0.2, -0.15) is 5.10 Å². The molecule has 1 amide bonds. The van der Waals surface area contributed by atoms with E-state index in [0.717, 1.165) is 5.69 Å². The van der Waals surface area contributed by atoms with Gasteiger partial charge in [-0.1, -0.05) is 6.92 Å². The zero-order valence-corrected chi connectivity index (χ0v) is 14.3. The molecule has 1 aromatic heterocycles. The fourth-order valence-electron chi connectivity index (χ4n) is 3.30. The topological polar surface area (TPSA) is 87.2 Å². The van der Waals surface area contributed by atoms with E-state index in [9.17, 15) is 14.3 Å². The van der Waals surface area contributed by atoms with E-state index in [4.69, 9.17) is 4.74 Å². The summed E-state index contributed by atoms with van der Waals surface area (Å²) < 4.78 is 19.1. The summed E-state index contributed by atoms with van der Waals surface area (Å²) in [5.41, 5.74) is 1.80. The lowest BCUT2D eigenvalue weighted by atomic mass is 9.74. The van der Waals surface area contributed by atoms with Gasteiger partial charge in [0.05, 0.1) is 31.0 Å². The van der Waals surface area contributed by atoms with E-state index in [1.807, 2.05) is 6.92 Å². The number of amides is 1. The molecule has 0 spiro atoms. The number of halogens is 1. The third kappa shape index (κ3) is 3.51. The average molecular weight is 347 g/mol. The number of carbonyl (C=O) groups excluding carboxylic acids is 1. The normalized spacial score (nSPS) is 20.6. The van der Waals surface area contributed by atoms with Crippen molar-refractivity contribution >= 4 is 5.91 Å². The molecule has 1 atom stereocenters. The third-order valence-electron chi connectivity index (χ3n) is 4.75. The van der Waals surface area contributed by atoms with Crippen LogP contribution in [0.5, 0.6) is 5.75 Å². The molecule has 2 aromatic rings. The van der Waals surface area contributed by atoms with Crippen LogP contribution in [0.15, 0.2) is 24.4 Å². The Balaban J connectivity index is 1.91. The number of hydrogen-bond donors (Lipinski definition) is 3. The van der Waals surface area contributed by atoms with Gasteiger partial charge in [0.1, 0.15) is 11.6 Å². The quantitative estimate of drug-likeness (QED) is 0.749. The Labute approximate surface area is 145 Å². The average Bonchev–Trinajstić information content (AvgIpc) is 3.06. The van der Waals surface area contributed by atoms with Crippen molar-refractivity contribution in [2.45, 2.75) is 38.3 Å². The number of aliphatic hydroxyl groups is 1. The van der Waals surface area contributed by atoms with Crippen LogP contribution in [0.25, 0.3) is 0 Å². The van der Waals surface area contributed by atoms with E-state index in [2.05, 4.69) is 15.5 Å². The van der Waals surface area contributed by atoms with Crippen molar-refractivity contribution in [3.8, 4) is 5.75 Å². The first-order valence-electron chi connectivity index (χ1n) is 8.38. The van der Waals surface area contributed by atoms with Crippen molar-refractivity contribution in [1.82, 2.24) is 15.5 Å². The summed E-state index contributed by atoms with van der Waals surface area (Å²) in [4.78, 5) is 12.7. The molecule has 3 rings (SSSR count). The number of methoxy groups -OCH3 is 1. The Hall–Kier alpha value is -2.41. The summed E-state index contributed by atoms with van der Waals surface area (Å²) in [5, 5.41) is 19.4. The molecule has 0 aliphatic heterocycles. The maximum absolute atomic E-state index is 13.8. The molecule has 0 saturated heterocycles. The minimum absolute atomic E-state index is 0.0200. The highest BCUT2D eigenvalue weighted by Crippen LogP contribution is 2.41. The Morgan fingerprint density at radius 2 is 2.28 bits per heavy atom. The van der Waals surface area contributed by atoms with Gasteiger partial charge in [0.15, 0.2) is 0 Å². The molecule has 1 aliphatic carbocycles.